The van der Waals surface area contributed by atoms with Gasteiger partial charge in [0, 0.05) is 0 Å². The molecular weight excluding hydrogens is 804 g/mol. The summed E-state index contributed by atoms with van der Waals surface area (Å²) >= 11 is 0. The molecule has 0 aromatic rings. The highest BCUT2D eigenvalue weighted by Gasteiger charge is 2.60. The van der Waals surface area contributed by atoms with E-state index in [2.05, 4.69) is 12.8 Å². The predicted molar refractivity (Wildman–Crippen MR) is 200 cm³/mol. The molecule has 346 valence electrons. The second kappa shape index (κ2) is 22.9. The Hall–Kier alpha value is -2.26. The van der Waals surface area contributed by atoms with Gasteiger partial charge in [-0.1, -0.05) is 27.7 Å². The van der Waals surface area contributed by atoms with Crippen LogP contribution in [0.25, 0.3) is 0 Å². The number of aliphatic hydroxyl groups is 12. The van der Waals surface area contributed by atoms with Gasteiger partial charge in [-0.25, -0.2) is 0 Å². The van der Waals surface area contributed by atoms with Crippen molar-refractivity contribution in [2.75, 3.05) is 13.2 Å². The van der Waals surface area contributed by atoms with E-state index in [1.807, 2.05) is 27.7 Å². The summed E-state index contributed by atoms with van der Waals surface area (Å²) in [6, 6.07) is 3.06. The summed E-state index contributed by atoms with van der Waals surface area (Å²) in [5, 5.41) is 151. The van der Waals surface area contributed by atoms with Crippen molar-refractivity contribution >= 4 is 0 Å². The maximum Gasteiger partial charge on any atom is 0.187 e. The quantitative estimate of drug-likeness (QED) is 0.0930. The molecule has 0 radical (unpaired) electrons. The predicted octanol–water partition coefficient (Wildman–Crippen LogP) is -4.97. The van der Waals surface area contributed by atoms with Crippen molar-refractivity contribution in [2.45, 2.75) is 201 Å². The first kappa shape index (κ1) is 53.9. The van der Waals surface area contributed by atoms with Crippen LogP contribution in [0.4, 0.5) is 0 Å². The topological polar surface area (TPSA) is 364 Å². The molecule has 0 aromatic heterocycles. The Balaban J connectivity index is 0.00000198. The Morgan fingerprint density at radius 2 is 0.767 bits per heavy atom. The van der Waals surface area contributed by atoms with Crippen LogP contribution in [0.1, 0.15) is 55.4 Å². The number of ether oxygens (including phenoxy) is 8. The van der Waals surface area contributed by atoms with Gasteiger partial charge in [0.05, 0.1) is 36.6 Å². The highest BCUT2D eigenvalue weighted by Crippen LogP contribution is 2.41. The number of nitriles is 2. The van der Waals surface area contributed by atoms with Gasteiger partial charge in [-0.3, -0.25) is 0 Å². The maximum absolute atomic E-state index is 11.3. The Labute approximate surface area is 348 Å². The van der Waals surface area contributed by atoms with Crippen LogP contribution in [-0.2, 0) is 37.9 Å². The van der Waals surface area contributed by atoms with E-state index in [1.165, 1.54) is 39.8 Å². The highest BCUT2D eigenvalue weighted by atomic mass is 16.7. The van der Waals surface area contributed by atoms with Crippen molar-refractivity contribution in [1.82, 2.24) is 0 Å². The third-order valence-electron chi connectivity index (χ3n) is 10.6. The van der Waals surface area contributed by atoms with Crippen LogP contribution in [0.3, 0.4) is 0 Å². The van der Waals surface area contributed by atoms with Crippen molar-refractivity contribution in [1.29, 1.82) is 10.5 Å². The first-order valence-corrected chi connectivity index (χ1v) is 19.7. The Morgan fingerprint density at radius 3 is 1.03 bits per heavy atom. The van der Waals surface area contributed by atoms with Gasteiger partial charge in [0.1, 0.15) is 110 Å². The van der Waals surface area contributed by atoms with Crippen molar-refractivity contribution in [3.8, 4) is 25.0 Å². The molecule has 22 heteroatoms. The molecule has 8 bridgehead atoms. The van der Waals surface area contributed by atoms with E-state index in [9.17, 15) is 71.8 Å². The van der Waals surface area contributed by atoms with Gasteiger partial charge in [0.2, 0.25) is 0 Å². The second-order valence-electron chi connectivity index (χ2n) is 15.1. The van der Waals surface area contributed by atoms with Gasteiger partial charge < -0.3 is 99.2 Å². The molecule has 22 unspecified atom stereocenters. The lowest BCUT2D eigenvalue weighted by Gasteiger charge is -2.53. The largest absolute Gasteiger partial charge is 0.394 e. The van der Waals surface area contributed by atoms with Crippen LogP contribution >= 0.6 is 0 Å². The minimum Gasteiger partial charge on any atom is -0.394 e. The highest BCUT2D eigenvalue weighted by molar-refractivity contribution is 5.08. The Bertz CT molecular complexity index is 1310. The van der Waals surface area contributed by atoms with Gasteiger partial charge in [-0.2, -0.15) is 10.5 Å². The van der Waals surface area contributed by atoms with Crippen molar-refractivity contribution in [3.63, 3.8) is 0 Å². The summed E-state index contributed by atoms with van der Waals surface area (Å²) in [4.78, 5) is 0. The minimum atomic E-state index is -2.07. The van der Waals surface area contributed by atoms with Crippen LogP contribution in [-0.4, -0.2) is 220 Å². The molecule has 12 N–H and O–H groups in total. The standard InChI is InChI=1S/C32H50N2O20.2C2H6.C2H2/c1-31(2)27-17(43)13(39)23(11(7-35)47-27)51-30-20(46)16(42)26(22(50-30)10(38)6-34)54-32(3,4)28-18(44)14(40)24(12(8-36)48-28)52-29-19(45)15(41)25(53-31)21(49-29)9(37)5-33;3*1-2/h9-30,35-46H,7-8H2,1-4H3;2*1-2H3;1-2H. The SMILES string of the molecule is C#C.CC.CC.CC1(C)OC2C(O)C(O)C(OC3C(CO)OC(C(O)C3O)C(C)(C)OC3C(O)C(O)C(OC4C(CO)OC1C(O)C4O)OC3C(O)C#N)OC2C(O)C#N. The van der Waals surface area contributed by atoms with Crippen LogP contribution in [0.15, 0.2) is 0 Å². The fourth-order valence-electron chi connectivity index (χ4n) is 7.68. The monoisotopic (exact) mass is 868 g/mol. The average Bonchev–Trinajstić information content (AvgIpc) is 3.24. The number of hydrogen-bond acceptors (Lipinski definition) is 22. The van der Waals surface area contributed by atoms with Gasteiger partial charge in [-0.05, 0) is 27.7 Å². The molecule has 0 spiro atoms. The molecule has 22 atom stereocenters. The molecule has 0 amide bonds. The molecule has 11 fully saturated rings. The first-order valence-electron chi connectivity index (χ1n) is 19.7. The van der Waals surface area contributed by atoms with E-state index < -0.39 is 159 Å². The molecule has 0 saturated carbocycles. The third kappa shape index (κ3) is 10.9. The maximum atomic E-state index is 11.3. The molecule has 11 aliphatic heterocycles. The second-order valence-corrected chi connectivity index (χ2v) is 15.1. The molecule has 22 nitrogen and oxygen atoms in total. The van der Waals surface area contributed by atoms with E-state index in [0.29, 0.717) is 0 Å². The lowest BCUT2D eigenvalue weighted by Crippen LogP contribution is -2.71. The van der Waals surface area contributed by atoms with Crippen LogP contribution < -0.4 is 0 Å². The minimum absolute atomic E-state index is 0.898. The van der Waals surface area contributed by atoms with Gasteiger partial charge in [-0.15, -0.1) is 12.8 Å². The molecule has 11 rings (SSSR count). The number of terminal acetylenes is 1. The van der Waals surface area contributed by atoms with E-state index in [0.717, 1.165) is 0 Å². The molecular formula is C38H64N2O20. The van der Waals surface area contributed by atoms with Gasteiger partial charge in [0.25, 0.3) is 0 Å². The van der Waals surface area contributed by atoms with Crippen molar-refractivity contribution < 1.29 is 99.2 Å². The number of hydrogen-bond donors (Lipinski definition) is 12. The van der Waals surface area contributed by atoms with E-state index >= 15 is 0 Å². The lowest BCUT2D eigenvalue weighted by atomic mass is 9.85. The summed E-state index contributed by atoms with van der Waals surface area (Å²) < 4.78 is 46.9. The van der Waals surface area contributed by atoms with Crippen molar-refractivity contribution in [3.05, 3.63) is 0 Å². The smallest absolute Gasteiger partial charge is 0.187 e. The van der Waals surface area contributed by atoms with Gasteiger partial charge in [0.15, 0.2) is 24.8 Å². The van der Waals surface area contributed by atoms with Gasteiger partial charge >= 0.3 is 0 Å². The van der Waals surface area contributed by atoms with Crippen LogP contribution in [0.5, 0.6) is 0 Å². The third-order valence-corrected chi connectivity index (χ3v) is 10.6. The lowest BCUT2D eigenvalue weighted by molar-refractivity contribution is -0.383. The fraction of sp³-hybridized carbons (Fsp3) is 0.895. The first-order chi connectivity index (χ1) is 28.2. The average molecular weight is 869 g/mol. The molecule has 0 aliphatic carbocycles. The summed E-state index contributed by atoms with van der Waals surface area (Å²) in [7, 11) is 0. The molecule has 11 saturated heterocycles. The van der Waals surface area contributed by atoms with Crippen LogP contribution in [0, 0.1) is 35.5 Å². The molecule has 11 aliphatic rings. The number of rotatable bonds is 4. The zero-order valence-corrected chi connectivity index (χ0v) is 34.8. The van der Waals surface area contributed by atoms with Crippen molar-refractivity contribution in [2.24, 2.45) is 0 Å². The summed E-state index contributed by atoms with van der Waals surface area (Å²) in [5.74, 6) is 0. The molecule has 11 heterocycles. The summed E-state index contributed by atoms with van der Waals surface area (Å²) in [6.45, 7) is 11.4. The number of nitrogens with zero attached hydrogens (tertiary/aromatic N) is 2. The van der Waals surface area contributed by atoms with E-state index in [-0.39, 0.29) is 0 Å². The molecule has 60 heavy (non-hydrogen) atoms. The Kier molecular flexibility index (Phi) is 20.6. The zero-order valence-electron chi connectivity index (χ0n) is 34.8. The summed E-state index contributed by atoms with van der Waals surface area (Å²) in [6.07, 6.45) is -33.1. The Morgan fingerprint density at radius 1 is 0.483 bits per heavy atom. The summed E-state index contributed by atoms with van der Waals surface area (Å²) in [5.41, 5.74) is -3.67. The normalized spacial score (nSPS) is 45.8. The zero-order chi connectivity index (χ0) is 46.2. The van der Waals surface area contributed by atoms with E-state index in [4.69, 9.17) is 37.9 Å². The molecule has 0 aromatic carbocycles. The van der Waals surface area contributed by atoms with Crippen LogP contribution in [0.2, 0.25) is 0 Å². The van der Waals surface area contributed by atoms with E-state index in [1.54, 1.807) is 0 Å². The fourth-order valence-corrected chi connectivity index (χ4v) is 7.68. The number of aliphatic hydroxyl groups excluding tert-OH is 12.